The summed E-state index contributed by atoms with van der Waals surface area (Å²) in [6.45, 7) is 3.19. The van der Waals surface area contributed by atoms with Crippen LogP contribution in [-0.2, 0) is 19.6 Å². The molecule has 6 nitrogen and oxygen atoms in total. The molecule has 0 bridgehead atoms. The van der Waals surface area contributed by atoms with E-state index < -0.39 is 16.1 Å². The molecule has 1 atom stereocenters. The molecule has 1 heterocycles. The van der Waals surface area contributed by atoms with E-state index in [0.29, 0.717) is 13.2 Å². The van der Waals surface area contributed by atoms with Crippen LogP contribution in [0.1, 0.15) is 13.3 Å². The monoisotopic (exact) mass is 250 g/mol. The van der Waals surface area contributed by atoms with E-state index in [1.807, 2.05) is 6.92 Å². The molecule has 0 radical (unpaired) electrons. The Balaban J connectivity index is 2.71. The molecule has 94 valence electrons. The van der Waals surface area contributed by atoms with Crippen molar-refractivity contribution in [3.05, 3.63) is 0 Å². The van der Waals surface area contributed by atoms with Crippen LogP contribution in [0.15, 0.2) is 0 Å². The minimum absolute atomic E-state index is 0.128. The van der Waals surface area contributed by atoms with Gasteiger partial charge in [0, 0.05) is 13.1 Å². The summed E-state index contributed by atoms with van der Waals surface area (Å²) in [5.41, 5.74) is 0. The highest BCUT2D eigenvalue weighted by Gasteiger charge is 2.34. The molecule has 1 rings (SSSR count). The van der Waals surface area contributed by atoms with Crippen molar-refractivity contribution in [2.75, 3.05) is 32.6 Å². The third-order valence-corrected chi connectivity index (χ3v) is 3.65. The van der Waals surface area contributed by atoms with Gasteiger partial charge in [-0.2, -0.15) is 4.31 Å². The fraction of sp³-hybridized carbons (Fsp3) is 0.889. The number of hydrogen-bond donors (Lipinski definition) is 1. The molecule has 1 amide bonds. The normalized spacial score (nSPS) is 23.0. The molecule has 1 unspecified atom stereocenters. The van der Waals surface area contributed by atoms with Crippen LogP contribution in [0.5, 0.6) is 0 Å². The topological polar surface area (TPSA) is 75.7 Å². The van der Waals surface area contributed by atoms with E-state index in [4.69, 9.17) is 4.74 Å². The Labute approximate surface area is 96.0 Å². The van der Waals surface area contributed by atoms with Crippen molar-refractivity contribution in [3.8, 4) is 0 Å². The minimum atomic E-state index is -3.35. The maximum absolute atomic E-state index is 11.7. The average molecular weight is 250 g/mol. The highest BCUT2D eigenvalue weighted by Crippen LogP contribution is 2.11. The van der Waals surface area contributed by atoms with Gasteiger partial charge in [0.2, 0.25) is 15.9 Å². The fourth-order valence-electron chi connectivity index (χ4n) is 1.56. The zero-order chi connectivity index (χ0) is 12.2. The van der Waals surface area contributed by atoms with E-state index in [-0.39, 0.29) is 19.1 Å². The van der Waals surface area contributed by atoms with Crippen molar-refractivity contribution in [1.29, 1.82) is 0 Å². The third-order valence-electron chi connectivity index (χ3n) is 2.36. The number of morpholine rings is 1. The van der Waals surface area contributed by atoms with Crippen molar-refractivity contribution in [2.24, 2.45) is 0 Å². The number of nitrogens with zero attached hydrogens (tertiary/aromatic N) is 1. The zero-order valence-electron chi connectivity index (χ0n) is 9.60. The van der Waals surface area contributed by atoms with E-state index >= 15 is 0 Å². The van der Waals surface area contributed by atoms with Crippen molar-refractivity contribution >= 4 is 15.9 Å². The molecular formula is C9H18N2O4S. The van der Waals surface area contributed by atoms with Gasteiger partial charge in [-0.3, -0.25) is 4.79 Å². The maximum atomic E-state index is 11.7. The summed E-state index contributed by atoms with van der Waals surface area (Å²) in [6.07, 6.45) is 1.93. The van der Waals surface area contributed by atoms with Gasteiger partial charge >= 0.3 is 0 Å². The van der Waals surface area contributed by atoms with Crippen LogP contribution >= 0.6 is 0 Å². The first-order valence-corrected chi connectivity index (χ1v) is 7.14. The summed E-state index contributed by atoms with van der Waals surface area (Å²) in [6, 6.07) is -0.727. The summed E-state index contributed by atoms with van der Waals surface area (Å²) in [5.74, 6) is -0.285. The van der Waals surface area contributed by atoms with Crippen LogP contribution in [0.2, 0.25) is 0 Å². The second-order valence-electron chi connectivity index (χ2n) is 3.76. The minimum Gasteiger partial charge on any atom is -0.378 e. The first kappa shape index (κ1) is 13.4. The summed E-state index contributed by atoms with van der Waals surface area (Å²) in [7, 11) is -3.35. The highest BCUT2D eigenvalue weighted by molar-refractivity contribution is 7.88. The summed E-state index contributed by atoms with van der Waals surface area (Å²) in [4.78, 5) is 11.7. The molecule has 16 heavy (non-hydrogen) atoms. The lowest BCUT2D eigenvalue weighted by Gasteiger charge is -2.32. The van der Waals surface area contributed by atoms with Crippen molar-refractivity contribution in [2.45, 2.75) is 19.4 Å². The Bertz CT molecular complexity index is 341. The van der Waals surface area contributed by atoms with Crippen LogP contribution in [0.25, 0.3) is 0 Å². The lowest BCUT2D eigenvalue weighted by Crippen LogP contribution is -2.55. The molecular weight excluding hydrogens is 232 g/mol. The number of nitrogens with one attached hydrogen (secondary N) is 1. The van der Waals surface area contributed by atoms with Gasteiger partial charge in [-0.1, -0.05) is 6.92 Å². The van der Waals surface area contributed by atoms with Crippen molar-refractivity contribution < 1.29 is 17.9 Å². The third kappa shape index (κ3) is 3.43. The van der Waals surface area contributed by atoms with Gasteiger partial charge in [-0.15, -0.1) is 0 Å². The quantitative estimate of drug-likeness (QED) is 0.707. The molecule has 0 aliphatic carbocycles. The molecule has 7 heteroatoms. The lowest BCUT2D eigenvalue weighted by atomic mass is 10.2. The van der Waals surface area contributed by atoms with Gasteiger partial charge in [-0.25, -0.2) is 8.42 Å². The van der Waals surface area contributed by atoms with Gasteiger partial charge < -0.3 is 10.1 Å². The largest absolute Gasteiger partial charge is 0.378 e. The number of ether oxygens (including phenoxy) is 1. The number of sulfonamides is 1. The Morgan fingerprint density at radius 2 is 2.25 bits per heavy atom. The van der Waals surface area contributed by atoms with Gasteiger partial charge in [0.15, 0.2) is 0 Å². The number of amides is 1. The van der Waals surface area contributed by atoms with E-state index in [9.17, 15) is 13.2 Å². The number of hydrogen-bond acceptors (Lipinski definition) is 4. The number of rotatable bonds is 4. The van der Waals surface area contributed by atoms with Gasteiger partial charge in [0.1, 0.15) is 6.04 Å². The second-order valence-corrected chi connectivity index (χ2v) is 5.69. The van der Waals surface area contributed by atoms with E-state index in [2.05, 4.69) is 5.32 Å². The van der Waals surface area contributed by atoms with Crippen LogP contribution in [0.4, 0.5) is 0 Å². The molecule has 0 aromatic heterocycles. The van der Waals surface area contributed by atoms with Gasteiger partial charge in [-0.05, 0) is 6.42 Å². The SMILES string of the molecule is CCCNC(=O)C1COCCN1S(C)(=O)=O. The fourth-order valence-corrected chi connectivity index (χ4v) is 2.58. The van der Waals surface area contributed by atoms with Crippen LogP contribution < -0.4 is 5.32 Å². The molecule has 0 aromatic rings. The summed E-state index contributed by atoms with van der Waals surface area (Å²) >= 11 is 0. The maximum Gasteiger partial charge on any atom is 0.240 e. The predicted octanol–water partition coefficient (Wildman–Crippen LogP) is -0.827. The first-order valence-electron chi connectivity index (χ1n) is 5.29. The molecule has 0 spiro atoms. The zero-order valence-corrected chi connectivity index (χ0v) is 10.4. The molecule has 1 aliphatic heterocycles. The van der Waals surface area contributed by atoms with E-state index in [1.54, 1.807) is 0 Å². The predicted molar refractivity (Wildman–Crippen MR) is 59.5 cm³/mol. The van der Waals surface area contributed by atoms with Crippen LogP contribution in [0, 0.1) is 0 Å². The van der Waals surface area contributed by atoms with Crippen molar-refractivity contribution in [1.82, 2.24) is 9.62 Å². The van der Waals surface area contributed by atoms with Gasteiger partial charge in [0.05, 0.1) is 19.5 Å². The molecule has 0 saturated carbocycles. The Hall–Kier alpha value is -0.660. The lowest BCUT2D eigenvalue weighted by molar-refractivity contribution is -0.129. The van der Waals surface area contributed by atoms with Crippen molar-refractivity contribution in [3.63, 3.8) is 0 Å². The van der Waals surface area contributed by atoms with E-state index in [1.165, 1.54) is 4.31 Å². The highest BCUT2D eigenvalue weighted by atomic mass is 32.2. The van der Waals surface area contributed by atoms with Gasteiger partial charge in [0.25, 0.3) is 0 Å². The average Bonchev–Trinajstić information content (AvgIpc) is 2.24. The van der Waals surface area contributed by atoms with Crippen LogP contribution in [0.3, 0.4) is 0 Å². The van der Waals surface area contributed by atoms with Crippen LogP contribution in [-0.4, -0.2) is 57.2 Å². The Morgan fingerprint density at radius 3 is 2.81 bits per heavy atom. The molecule has 0 aromatic carbocycles. The second kappa shape index (κ2) is 5.60. The number of carbonyl (C=O) groups excluding carboxylic acids is 1. The Kier molecular flexibility index (Phi) is 4.69. The summed E-state index contributed by atoms with van der Waals surface area (Å²) in [5, 5.41) is 2.68. The summed E-state index contributed by atoms with van der Waals surface area (Å²) < 4.78 is 29.3. The first-order chi connectivity index (χ1) is 7.46. The number of carbonyl (C=O) groups is 1. The molecule has 1 fully saturated rings. The molecule has 1 saturated heterocycles. The standard InChI is InChI=1S/C9H18N2O4S/c1-3-4-10-9(12)8-7-15-6-5-11(8)16(2,13)14/h8H,3-7H2,1-2H3,(H,10,12). The Morgan fingerprint density at radius 1 is 1.56 bits per heavy atom. The molecule has 1 N–H and O–H groups in total. The molecule has 1 aliphatic rings. The van der Waals surface area contributed by atoms with E-state index in [0.717, 1.165) is 12.7 Å². The smallest absolute Gasteiger partial charge is 0.240 e.